The molecule has 1 amide bonds. The van der Waals surface area contributed by atoms with Crippen molar-refractivity contribution in [1.29, 1.82) is 0 Å². The Morgan fingerprint density at radius 2 is 1.16 bits per heavy atom. The summed E-state index contributed by atoms with van der Waals surface area (Å²) in [5.74, 6) is -4.88. The molecule has 37 heavy (non-hydrogen) atoms. The fourth-order valence-electron chi connectivity index (χ4n) is 3.57. The van der Waals surface area contributed by atoms with Gasteiger partial charge in [0.25, 0.3) is 0 Å². The van der Waals surface area contributed by atoms with Gasteiger partial charge in [-0.3, -0.25) is 33.8 Å². The number of carbonyl (C=O) groups is 5. The van der Waals surface area contributed by atoms with Crippen LogP contribution in [0.1, 0.15) is 6.92 Å². The quantitative estimate of drug-likeness (QED) is 0.178. The lowest BCUT2D eigenvalue weighted by Crippen LogP contribution is -2.47. The van der Waals surface area contributed by atoms with E-state index < -0.39 is 36.3 Å². The lowest BCUT2D eigenvalue weighted by Gasteiger charge is -2.32. The van der Waals surface area contributed by atoms with Gasteiger partial charge >= 0.3 is 23.9 Å². The van der Waals surface area contributed by atoms with E-state index in [9.17, 15) is 44.4 Å². The van der Waals surface area contributed by atoms with E-state index in [2.05, 4.69) is 0 Å². The van der Waals surface area contributed by atoms with Gasteiger partial charge < -0.3 is 39.9 Å². The van der Waals surface area contributed by atoms with Crippen LogP contribution in [-0.4, -0.2) is 166 Å². The van der Waals surface area contributed by atoms with Crippen LogP contribution in [0.5, 0.6) is 0 Å². The molecular formula is C22H37N5O10. The van der Waals surface area contributed by atoms with Crippen LogP contribution >= 0.6 is 0 Å². The van der Waals surface area contributed by atoms with E-state index in [1.165, 1.54) is 17.3 Å². The highest BCUT2D eigenvalue weighted by Crippen LogP contribution is 2.04. The van der Waals surface area contributed by atoms with Crippen LogP contribution in [0, 0.1) is 0 Å². The fourth-order valence-corrected chi connectivity index (χ4v) is 3.57. The molecule has 0 saturated heterocycles. The first kappa shape index (κ1) is 31.6. The number of nitrogens with zero attached hydrogens (tertiary/aromatic N) is 5. The van der Waals surface area contributed by atoms with Gasteiger partial charge in [0.05, 0.1) is 26.2 Å². The summed E-state index contributed by atoms with van der Waals surface area (Å²) in [6.07, 6.45) is 2.98. The minimum absolute atomic E-state index is 0.0756. The number of ether oxygens (including phenoxy) is 1. The van der Waals surface area contributed by atoms with Gasteiger partial charge in [0.15, 0.2) is 0 Å². The second kappa shape index (κ2) is 17.1. The molecule has 210 valence electrons. The molecule has 1 aliphatic rings. The molecule has 1 heterocycles. The number of rotatable bonds is 14. The molecule has 0 spiro atoms. The maximum atomic E-state index is 12.9. The van der Waals surface area contributed by atoms with E-state index in [0.29, 0.717) is 6.61 Å². The van der Waals surface area contributed by atoms with Crippen molar-refractivity contribution in [3.63, 3.8) is 0 Å². The second-order valence-electron chi connectivity index (χ2n) is 8.38. The van der Waals surface area contributed by atoms with E-state index in [0.717, 1.165) is 4.90 Å². The zero-order valence-electron chi connectivity index (χ0n) is 21.0. The Bertz CT molecular complexity index is 809. The highest BCUT2D eigenvalue weighted by atomic mass is 16.5. The molecule has 0 aromatic heterocycles. The zero-order chi connectivity index (χ0) is 27.8. The summed E-state index contributed by atoms with van der Waals surface area (Å²) in [5.41, 5.74) is 0. The summed E-state index contributed by atoms with van der Waals surface area (Å²) in [5, 5.41) is 36.9. The van der Waals surface area contributed by atoms with Crippen molar-refractivity contribution in [2.75, 3.05) is 91.8 Å². The molecule has 0 aromatic rings. The van der Waals surface area contributed by atoms with Crippen LogP contribution in [-0.2, 0) is 28.7 Å². The highest BCUT2D eigenvalue weighted by molar-refractivity contribution is 5.82. The summed E-state index contributed by atoms with van der Waals surface area (Å²) in [6.45, 7) is 2.02. The van der Waals surface area contributed by atoms with Crippen molar-refractivity contribution < 1.29 is 49.1 Å². The average Bonchev–Trinajstić information content (AvgIpc) is 2.78. The first-order chi connectivity index (χ1) is 17.5. The Kier molecular flexibility index (Phi) is 14.6. The lowest BCUT2D eigenvalue weighted by molar-refractivity contribution is -0.145. The summed E-state index contributed by atoms with van der Waals surface area (Å²) in [6, 6.07) is 0. The molecule has 0 bridgehead atoms. The van der Waals surface area contributed by atoms with Gasteiger partial charge in [0.2, 0.25) is 5.91 Å². The number of carbonyl (C=O) groups excluding carboxylic acids is 1. The normalized spacial score (nSPS) is 16.9. The van der Waals surface area contributed by atoms with Gasteiger partial charge in [0.1, 0.15) is 13.1 Å². The van der Waals surface area contributed by atoms with Gasteiger partial charge in [-0.05, 0) is 6.92 Å². The van der Waals surface area contributed by atoms with Crippen LogP contribution in [0.4, 0.5) is 0 Å². The smallest absolute Gasteiger partial charge is 0.323 e. The minimum Gasteiger partial charge on any atom is -0.480 e. The Morgan fingerprint density at radius 3 is 1.59 bits per heavy atom. The van der Waals surface area contributed by atoms with Crippen molar-refractivity contribution in [3.8, 4) is 0 Å². The molecule has 0 fully saturated rings. The molecule has 0 radical (unpaired) electrons. The number of carboxylic acid groups (broad SMARTS) is 4. The summed E-state index contributed by atoms with van der Waals surface area (Å²) >= 11 is 0. The number of amides is 1. The van der Waals surface area contributed by atoms with Crippen LogP contribution in [0.3, 0.4) is 0 Å². The molecule has 0 saturated carbocycles. The topological polar surface area (TPSA) is 192 Å². The number of hydrogen-bond acceptors (Lipinski definition) is 10. The Balaban J connectivity index is 3.13. The predicted octanol–water partition coefficient (Wildman–Crippen LogP) is -2.12. The van der Waals surface area contributed by atoms with Gasteiger partial charge in [-0.15, -0.1) is 0 Å². The van der Waals surface area contributed by atoms with Gasteiger partial charge in [0, 0.05) is 64.8 Å². The van der Waals surface area contributed by atoms with Gasteiger partial charge in [-0.2, -0.15) is 0 Å². The van der Waals surface area contributed by atoms with Crippen molar-refractivity contribution in [2.45, 2.75) is 6.92 Å². The second-order valence-corrected chi connectivity index (χ2v) is 8.38. The standard InChI is InChI=1S/C22H37N5O10/c1-2-37-12-11-27(17-22(35)36)18(28)13-23-3-5-24(14-19(29)30)7-9-26(16-21(33)34)10-8-25(6-4-23)15-20(31)32/h3,5H,2,4,6-17H2,1H3,(H,29,30)(H,31,32)(H,33,34)(H,35,36)/b5-3-. The molecule has 15 heteroatoms. The van der Waals surface area contributed by atoms with Crippen molar-refractivity contribution in [1.82, 2.24) is 24.5 Å². The lowest BCUT2D eigenvalue weighted by atomic mass is 10.3. The predicted molar refractivity (Wildman–Crippen MR) is 129 cm³/mol. The van der Waals surface area contributed by atoms with Gasteiger partial charge in [-0.1, -0.05) is 0 Å². The molecule has 0 unspecified atom stereocenters. The molecule has 0 atom stereocenters. The molecule has 15 nitrogen and oxygen atoms in total. The van der Waals surface area contributed by atoms with Crippen molar-refractivity contribution >= 4 is 29.8 Å². The maximum absolute atomic E-state index is 12.9. The largest absolute Gasteiger partial charge is 0.480 e. The van der Waals surface area contributed by atoms with Gasteiger partial charge in [-0.25, -0.2) is 0 Å². The third-order valence-corrected chi connectivity index (χ3v) is 5.41. The number of hydrogen-bond donors (Lipinski definition) is 4. The molecule has 0 aromatic carbocycles. The fraction of sp³-hybridized carbons (Fsp3) is 0.682. The Labute approximate surface area is 215 Å². The number of aliphatic carboxylic acids is 4. The molecule has 1 aliphatic heterocycles. The summed E-state index contributed by atoms with van der Waals surface area (Å²) in [4.78, 5) is 65.5. The molecule has 4 N–H and O–H groups in total. The van der Waals surface area contributed by atoms with Crippen molar-refractivity contribution in [2.24, 2.45) is 0 Å². The average molecular weight is 532 g/mol. The van der Waals surface area contributed by atoms with Crippen molar-refractivity contribution in [3.05, 3.63) is 12.4 Å². The first-order valence-corrected chi connectivity index (χ1v) is 11.8. The maximum Gasteiger partial charge on any atom is 0.323 e. The third kappa shape index (κ3) is 14.7. The van der Waals surface area contributed by atoms with Crippen LogP contribution in [0.15, 0.2) is 12.4 Å². The van der Waals surface area contributed by atoms with E-state index in [1.807, 2.05) is 0 Å². The summed E-state index contributed by atoms with van der Waals surface area (Å²) in [7, 11) is 0. The first-order valence-electron chi connectivity index (χ1n) is 11.8. The molecular weight excluding hydrogens is 494 g/mol. The van der Waals surface area contributed by atoms with Crippen LogP contribution in [0.25, 0.3) is 0 Å². The monoisotopic (exact) mass is 531 g/mol. The highest BCUT2D eigenvalue weighted by Gasteiger charge is 2.21. The SMILES string of the molecule is CCOCCN(CC(=O)O)C(=O)CN1/C=C\N(CC(=O)O)CCN(CC(=O)O)CCN(CC(=O)O)CC1. The van der Waals surface area contributed by atoms with E-state index in [4.69, 9.17) is 4.74 Å². The van der Waals surface area contributed by atoms with Crippen LogP contribution in [0.2, 0.25) is 0 Å². The Hall–Kier alpha value is -3.43. The summed E-state index contributed by atoms with van der Waals surface area (Å²) < 4.78 is 5.23. The minimum atomic E-state index is -1.18. The zero-order valence-corrected chi connectivity index (χ0v) is 21.0. The van der Waals surface area contributed by atoms with E-state index in [-0.39, 0.29) is 78.6 Å². The molecule has 1 rings (SSSR count). The number of carboxylic acids is 4. The van der Waals surface area contributed by atoms with E-state index in [1.54, 1.807) is 21.6 Å². The van der Waals surface area contributed by atoms with Crippen LogP contribution < -0.4 is 0 Å². The molecule has 0 aliphatic carbocycles. The van der Waals surface area contributed by atoms with E-state index >= 15 is 0 Å². The third-order valence-electron chi connectivity index (χ3n) is 5.41. The Morgan fingerprint density at radius 1 is 0.703 bits per heavy atom.